The van der Waals surface area contributed by atoms with E-state index in [4.69, 9.17) is 4.74 Å². The van der Waals surface area contributed by atoms with Crippen LogP contribution in [0.2, 0.25) is 0 Å². The monoisotopic (exact) mass is 326 g/mol. The number of nitrogens with one attached hydrogen (secondary N) is 2. The molecule has 0 radical (unpaired) electrons. The lowest BCUT2D eigenvalue weighted by Crippen LogP contribution is -2.24. The van der Waals surface area contributed by atoms with Gasteiger partial charge in [0.1, 0.15) is 5.75 Å². The van der Waals surface area contributed by atoms with Crippen LogP contribution in [-0.4, -0.2) is 18.6 Å². The largest absolute Gasteiger partial charge is 0.489 e. The van der Waals surface area contributed by atoms with Crippen molar-refractivity contribution in [3.8, 4) is 5.75 Å². The Morgan fingerprint density at radius 3 is 2.38 bits per heavy atom. The lowest BCUT2D eigenvalue weighted by molar-refractivity contribution is -0.116. The molecule has 1 unspecified atom stereocenters. The highest BCUT2D eigenvalue weighted by molar-refractivity contribution is 5.92. The summed E-state index contributed by atoms with van der Waals surface area (Å²) < 4.78 is 5.72. The number of benzene rings is 2. The normalized spacial score (nSPS) is 12.0. The summed E-state index contributed by atoms with van der Waals surface area (Å²) in [6, 6.07) is 17.9. The van der Waals surface area contributed by atoms with Crippen LogP contribution in [0.15, 0.2) is 54.6 Å². The molecule has 2 aromatic carbocycles. The van der Waals surface area contributed by atoms with Gasteiger partial charge in [-0.2, -0.15) is 0 Å². The van der Waals surface area contributed by atoms with Gasteiger partial charge in [-0.05, 0) is 38.5 Å². The number of hydrogen-bond acceptors (Lipinski definition) is 3. The lowest BCUT2D eigenvalue weighted by Gasteiger charge is -2.16. The first-order valence-corrected chi connectivity index (χ1v) is 8.40. The highest BCUT2D eigenvalue weighted by Crippen LogP contribution is 2.24. The number of carbonyl (C=O) groups is 1. The van der Waals surface area contributed by atoms with Crippen LogP contribution in [0.3, 0.4) is 0 Å². The van der Waals surface area contributed by atoms with Gasteiger partial charge in [0, 0.05) is 19.0 Å². The summed E-state index contributed by atoms with van der Waals surface area (Å²) in [5, 5.41) is 6.30. The summed E-state index contributed by atoms with van der Waals surface area (Å²) in [6.45, 7) is 6.65. The van der Waals surface area contributed by atoms with Gasteiger partial charge in [0.25, 0.3) is 0 Å². The van der Waals surface area contributed by atoms with E-state index in [2.05, 4.69) is 29.7 Å². The number of amides is 1. The molecule has 2 rings (SSSR count). The molecule has 1 atom stereocenters. The summed E-state index contributed by atoms with van der Waals surface area (Å²) in [5.41, 5.74) is 1.93. The maximum atomic E-state index is 12.2. The van der Waals surface area contributed by atoms with Crippen molar-refractivity contribution < 1.29 is 9.53 Å². The van der Waals surface area contributed by atoms with E-state index < -0.39 is 0 Å². The average Bonchev–Trinajstić information content (AvgIpc) is 2.57. The van der Waals surface area contributed by atoms with Crippen molar-refractivity contribution in [1.82, 2.24) is 5.32 Å². The second-order valence-electron chi connectivity index (χ2n) is 6.05. The Labute approximate surface area is 144 Å². The first kappa shape index (κ1) is 18.0. The summed E-state index contributed by atoms with van der Waals surface area (Å²) in [6.07, 6.45) is 0.476. The number of hydrogen-bond donors (Lipinski definition) is 2. The van der Waals surface area contributed by atoms with Gasteiger partial charge in [-0.1, -0.05) is 42.5 Å². The molecule has 0 spiro atoms. The highest BCUT2D eigenvalue weighted by atomic mass is 16.5. The van der Waals surface area contributed by atoms with Crippen molar-refractivity contribution in [2.45, 2.75) is 39.3 Å². The number of ether oxygens (including phenoxy) is 1. The molecule has 0 aliphatic rings. The maximum absolute atomic E-state index is 12.2. The molecule has 0 fully saturated rings. The Morgan fingerprint density at radius 2 is 1.67 bits per heavy atom. The maximum Gasteiger partial charge on any atom is 0.225 e. The van der Waals surface area contributed by atoms with Crippen molar-refractivity contribution in [3.05, 3.63) is 60.2 Å². The van der Waals surface area contributed by atoms with Gasteiger partial charge in [0.2, 0.25) is 5.91 Å². The zero-order chi connectivity index (χ0) is 17.4. The van der Waals surface area contributed by atoms with Crippen LogP contribution in [-0.2, 0) is 4.79 Å². The summed E-state index contributed by atoms with van der Waals surface area (Å²) in [7, 11) is 0. The zero-order valence-electron chi connectivity index (χ0n) is 14.6. The number of carbonyl (C=O) groups excluding carboxylic acids is 1. The summed E-state index contributed by atoms with van der Waals surface area (Å²) in [4.78, 5) is 12.2. The van der Waals surface area contributed by atoms with Gasteiger partial charge < -0.3 is 15.4 Å². The van der Waals surface area contributed by atoms with E-state index in [-0.39, 0.29) is 18.1 Å². The second-order valence-corrected chi connectivity index (χ2v) is 6.05. The minimum absolute atomic E-state index is 0.0254. The van der Waals surface area contributed by atoms with E-state index in [0.29, 0.717) is 24.4 Å². The summed E-state index contributed by atoms with van der Waals surface area (Å²) >= 11 is 0. The Balaban J connectivity index is 1.82. The summed E-state index contributed by atoms with van der Waals surface area (Å²) in [5.74, 6) is 0.675. The molecule has 0 aliphatic heterocycles. The smallest absolute Gasteiger partial charge is 0.225 e. The fourth-order valence-electron chi connectivity index (χ4n) is 2.40. The number of para-hydroxylation sites is 2. The predicted molar refractivity (Wildman–Crippen MR) is 98.3 cm³/mol. The molecule has 1 amide bonds. The third-order valence-corrected chi connectivity index (χ3v) is 3.63. The fourth-order valence-corrected chi connectivity index (χ4v) is 2.40. The van der Waals surface area contributed by atoms with Crippen LogP contribution < -0.4 is 15.4 Å². The lowest BCUT2D eigenvalue weighted by atomic mass is 10.1. The zero-order valence-corrected chi connectivity index (χ0v) is 14.6. The molecule has 0 aromatic heterocycles. The second kappa shape index (κ2) is 9.08. The molecule has 0 heterocycles. The molecular weight excluding hydrogens is 300 g/mol. The number of anilines is 1. The quantitative estimate of drug-likeness (QED) is 0.766. The highest BCUT2D eigenvalue weighted by Gasteiger charge is 2.10. The van der Waals surface area contributed by atoms with Crippen molar-refractivity contribution in [3.63, 3.8) is 0 Å². The van der Waals surface area contributed by atoms with Crippen LogP contribution in [0.4, 0.5) is 5.69 Å². The molecule has 4 heteroatoms. The van der Waals surface area contributed by atoms with E-state index in [1.165, 1.54) is 5.56 Å². The molecule has 128 valence electrons. The van der Waals surface area contributed by atoms with Gasteiger partial charge in [0.05, 0.1) is 11.8 Å². The minimum Gasteiger partial charge on any atom is -0.489 e. The molecular formula is C20H26N2O2. The van der Waals surface area contributed by atoms with E-state index in [0.717, 1.165) is 0 Å². The Kier molecular flexibility index (Phi) is 6.82. The molecule has 4 nitrogen and oxygen atoms in total. The van der Waals surface area contributed by atoms with E-state index >= 15 is 0 Å². The van der Waals surface area contributed by atoms with Gasteiger partial charge in [0.15, 0.2) is 0 Å². The topological polar surface area (TPSA) is 50.4 Å². The van der Waals surface area contributed by atoms with E-state index in [1.807, 2.05) is 56.3 Å². The van der Waals surface area contributed by atoms with Crippen LogP contribution in [0.1, 0.15) is 38.8 Å². The molecule has 0 bridgehead atoms. The van der Waals surface area contributed by atoms with Gasteiger partial charge in [-0.15, -0.1) is 0 Å². The average molecular weight is 326 g/mol. The standard InChI is InChI=1S/C20H26N2O2/c1-15(2)24-19-12-8-7-11-18(19)22-20(23)13-14-21-16(3)17-9-5-4-6-10-17/h4-12,15-16,21H,13-14H2,1-3H3,(H,22,23). The molecule has 0 saturated carbocycles. The first-order chi connectivity index (χ1) is 11.6. The Bertz CT molecular complexity index is 641. The predicted octanol–water partition coefficient (Wildman–Crippen LogP) is 4.15. The van der Waals surface area contributed by atoms with E-state index in [9.17, 15) is 4.79 Å². The van der Waals surface area contributed by atoms with Gasteiger partial charge >= 0.3 is 0 Å². The van der Waals surface area contributed by atoms with Crippen LogP contribution in [0, 0.1) is 0 Å². The molecule has 24 heavy (non-hydrogen) atoms. The molecule has 0 saturated heterocycles. The SMILES string of the molecule is CC(C)Oc1ccccc1NC(=O)CCNC(C)c1ccccc1. The molecule has 2 aromatic rings. The minimum atomic E-state index is -0.0254. The third-order valence-electron chi connectivity index (χ3n) is 3.63. The van der Waals surface area contributed by atoms with Gasteiger partial charge in [-0.3, -0.25) is 4.79 Å². The first-order valence-electron chi connectivity index (χ1n) is 8.40. The van der Waals surface area contributed by atoms with Crippen molar-refractivity contribution in [1.29, 1.82) is 0 Å². The number of rotatable bonds is 8. The Hall–Kier alpha value is -2.33. The van der Waals surface area contributed by atoms with Crippen LogP contribution >= 0.6 is 0 Å². The Morgan fingerprint density at radius 1 is 1.00 bits per heavy atom. The molecule has 2 N–H and O–H groups in total. The van der Waals surface area contributed by atoms with Crippen LogP contribution in [0.25, 0.3) is 0 Å². The van der Waals surface area contributed by atoms with Crippen molar-refractivity contribution >= 4 is 11.6 Å². The molecule has 0 aliphatic carbocycles. The fraction of sp³-hybridized carbons (Fsp3) is 0.350. The third kappa shape index (κ3) is 5.70. The van der Waals surface area contributed by atoms with Crippen molar-refractivity contribution in [2.75, 3.05) is 11.9 Å². The van der Waals surface area contributed by atoms with Crippen LogP contribution in [0.5, 0.6) is 5.75 Å². The van der Waals surface area contributed by atoms with Crippen molar-refractivity contribution in [2.24, 2.45) is 0 Å². The van der Waals surface area contributed by atoms with E-state index in [1.54, 1.807) is 0 Å². The van der Waals surface area contributed by atoms with Gasteiger partial charge in [-0.25, -0.2) is 0 Å².